The quantitative estimate of drug-likeness (QED) is 0.391. The van der Waals surface area contributed by atoms with Crippen LogP contribution in [0.1, 0.15) is 52.5 Å². The number of hydrogen-bond donors (Lipinski definition) is 3. The molecule has 0 spiro atoms. The number of anilines is 1. The lowest BCUT2D eigenvalue weighted by Crippen LogP contribution is -2.66. The summed E-state index contributed by atoms with van der Waals surface area (Å²) in [6.07, 6.45) is 0.995. The van der Waals surface area contributed by atoms with Gasteiger partial charge in [0.15, 0.2) is 12.2 Å². The Hall–Kier alpha value is -2.39. The minimum atomic E-state index is -1.46. The van der Waals surface area contributed by atoms with E-state index in [1.54, 1.807) is 12.1 Å². The second kappa shape index (κ2) is 9.37. The molecule has 4 aliphatic rings. The molecule has 2 aliphatic heterocycles. The molecule has 2 fully saturated rings. The minimum absolute atomic E-state index is 0.00482. The number of ether oxygens (including phenoxy) is 2. The van der Waals surface area contributed by atoms with Crippen molar-refractivity contribution >= 4 is 29.2 Å². The highest BCUT2D eigenvalue weighted by atomic mass is 35.5. The molecule has 0 bridgehead atoms. The van der Waals surface area contributed by atoms with Gasteiger partial charge in [-0.15, -0.1) is 0 Å². The Morgan fingerprint density at radius 3 is 2.58 bits per heavy atom. The monoisotopic (exact) mass is 544 g/mol. The average molecular weight is 545 g/mol. The van der Waals surface area contributed by atoms with Crippen LogP contribution in [0, 0.1) is 17.8 Å². The van der Waals surface area contributed by atoms with E-state index in [-0.39, 0.29) is 24.2 Å². The number of rotatable bonds is 4. The number of carbonyl (C=O) groups is 2. The van der Waals surface area contributed by atoms with E-state index < -0.39 is 47.6 Å². The number of nitrogens with zero attached hydrogens (tertiary/aromatic N) is 1. The number of allylic oxidation sites excluding steroid dienone is 1. The van der Waals surface area contributed by atoms with Crippen LogP contribution in [0.25, 0.3) is 0 Å². The molecule has 0 radical (unpaired) electrons. The van der Waals surface area contributed by atoms with Crippen molar-refractivity contribution in [2.75, 3.05) is 11.9 Å². The van der Waals surface area contributed by atoms with Crippen LogP contribution in [0.2, 0.25) is 5.02 Å². The number of carbonyl (C=O) groups excluding carboxylic acids is 2. The van der Waals surface area contributed by atoms with Crippen molar-refractivity contribution in [2.45, 2.75) is 82.6 Å². The van der Waals surface area contributed by atoms with Crippen LogP contribution < -0.4 is 10.2 Å². The number of esters is 2. The predicted molar refractivity (Wildman–Crippen MR) is 143 cm³/mol. The largest absolute Gasteiger partial charge is 0.454 e. The Balaban J connectivity index is 1.47. The van der Waals surface area contributed by atoms with Crippen LogP contribution in [0.4, 0.5) is 5.69 Å². The van der Waals surface area contributed by atoms with Crippen LogP contribution in [0.5, 0.6) is 0 Å². The first-order valence-electron chi connectivity index (χ1n) is 13.2. The molecule has 3 N–H and O–H groups in total. The molecule has 1 aromatic rings. The predicted octanol–water partition coefficient (Wildman–Crippen LogP) is 3.44. The molecule has 0 unspecified atom stereocenters. The number of fused-ring (bicyclic) bond motifs is 4. The van der Waals surface area contributed by atoms with E-state index in [1.165, 1.54) is 6.92 Å². The van der Waals surface area contributed by atoms with Crippen molar-refractivity contribution in [1.29, 1.82) is 0 Å². The third-order valence-electron chi connectivity index (χ3n) is 9.26. The maximum absolute atomic E-state index is 13.7. The molecule has 2 aliphatic carbocycles. The van der Waals surface area contributed by atoms with Gasteiger partial charge < -0.3 is 24.6 Å². The SMILES string of the molecule is C=C(C)[C@@H]1CC[C@@H](C)[C@@]2(O)[C@@H]1C=C(C)[C@@H](OC(C)=O)[C@@H]2OC(=O)[C@@H]1C[C@@]2(O)c3cccc(Cl)c3N(C)[C@H]2N1. The number of halogens is 1. The first-order chi connectivity index (χ1) is 17.8. The number of nitrogens with one attached hydrogen (secondary N) is 1. The smallest absolute Gasteiger partial charge is 0.323 e. The van der Waals surface area contributed by atoms with Gasteiger partial charge in [0.1, 0.15) is 23.4 Å². The highest BCUT2D eigenvalue weighted by Gasteiger charge is 2.62. The normalized spacial score (nSPS) is 39.5. The standard InChI is InChI=1S/C29H37ClN2O6/c1-14(2)18-11-10-16(4)29(36)20(18)12-15(3)24(37-17(5)33)25(29)38-26(34)22-13-28(35)19-8-7-9-21(30)23(19)32(6)27(28)31-22/h7-9,12,16,18,20,22,24-25,27,31,35-36H,1,10-11,13H2,2-6H3/t16-,18+,20-,22+,24-,25+,27-,28-,29-/m1/s1. The van der Waals surface area contributed by atoms with E-state index >= 15 is 0 Å². The van der Waals surface area contributed by atoms with E-state index in [1.807, 2.05) is 44.9 Å². The molecular formula is C29H37ClN2O6. The van der Waals surface area contributed by atoms with Gasteiger partial charge in [0.25, 0.3) is 0 Å². The average Bonchev–Trinajstić information content (AvgIpc) is 3.30. The Kier molecular flexibility index (Phi) is 6.70. The maximum atomic E-state index is 13.7. The minimum Gasteiger partial charge on any atom is -0.454 e. The third kappa shape index (κ3) is 3.91. The summed E-state index contributed by atoms with van der Waals surface area (Å²) in [6, 6.07) is 4.51. The molecule has 38 heavy (non-hydrogen) atoms. The van der Waals surface area contributed by atoms with E-state index in [4.69, 9.17) is 21.1 Å². The van der Waals surface area contributed by atoms with E-state index in [2.05, 4.69) is 11.9 Å². The Morgan fingerprint density at radius 2 is 1.92 bits per heavy atom. The fraction of sp³-hybridized carbons (Fsp3) is 0.586. The number of likely N-dealkylation sites (N-methyl/N-ethyl adjacent to an activating group) is 1. The zero-order valence-electron chi connectivity index (χ0n) is 22.5. The molecule has 206 valence electrons. The summed E-state index contributed by atoms with van der Waals surface area (Å²) in [6.45, 7) is 11.2. The molecular weight excluding hydrogens is 508 g/mol. The number of para-hydroxylation sites is 1. The highest BCUT2D eigenvalue weighted by Crippen LogP contribution is 2.53. The number of aliphatic hydroxyl groups is 2. The van der Waals surface area contributed by atoms with Gasteiger partial charge in [-0.3, -0.25) is 14.9 Å². The zero-order chi connectivity index (χ0) is 27.7. The summed E-state index contributed by atoms with van der Waals surface area (Å²) in [5.41, 5.74) is 0.249. The molecule has 1 saturated heterocycles. The van der Waals surface area contributed by atoms with Crippen molar-refractivity contribution in [1.82, 2.24) is 5.32 Å². The van der Waals surface area contributed by atoms with Gasteiger partial charge in [0.05, 0.1) is 10.7 Å². The van der Waals surface area contributed by atoms with Gasteiger partial charge in [-0.2, -0.15) is 0 Å². The van der Waals surface area contributed by atoms with Crippen LogP contribution in [-0.4, -0.2) is 59.2 Å². The molecule has 9 heteroatoms. The number of hydrogen-bond acceptors (Lipinski definition) is 8. The van der Waals surface area contributed by atoms with Gasteiger partial charge in [-0.1, -0.05) is 48.9 Å². The maximum Gasteiger partial charge on any atom is 0.323 e. The van der Waals surface area contributed by atoms with Crippen LogP contribution >= 0.6 is 11.6 Å². The molecule has 0 aromatic heterocycles. The van der Waals surface area contributed by atoms with Crippen LogP contribution in [-0.2, 0) is 24.7 Å². The van der Waals surface area contributed by atoms with Gasteiger partial charge in [0, 0.05) is 31.9 Å². The van der Waals surface area contributed by atoms with Gasteiger partial charge in [-0.25, -0.2) is 0 Å². The van der Waals surface area contributed by atoms with Crippen LogP contribution in [0.3, 0.4) is 0 Å². The van der Waals surface area contributed by atoms with Crippen LogP contribution in [0.15, 0.2) is 42.0 Å². The molecule has 1 aromatic carbocycles. The first kappa shape index (κ1) is 27.2. The molecule has 0 amide bonds. The van der Waals surface area contributed by atoms with Crippen molar-refractivity contribution in [3.05, 3.63) is 52.6 Å². The number of benzene rings is 1. The van der Waals surface area contributed by atoms with E-state index in [9.17, 15) is 19.8 Å². The first-order valence-corrected chi connectivity index (χ1v) is 13.6. The molecule has 9 atom stereocenters. The summed E-state index contributed by atoms with van der Waals surface area (Å²) >= 11 is 6.41. The van der Waals surface area contributed by atoms with Crippen molar-refractivity contribution in [3.63, 3.8) is 0 Å². The van der Waals surface area contributed by atoms with Crippen molar-refractivity contribution in [3.8, 4) is 0 Å². The Morgan fingerprint density at radius 1 is 1.21 bits per heavy atom. The van der Waals surface area contributed by atoms with E-state index in [0.717, 1.165) is 23.3 Å². The highest BCUT2D eigenvalue weighted by molar-refractivity contribution is 6.33. The molecule has 1 saturated carbocycles. The van der Waals surface area contributed by atoms with Crippen molar-refractivity contribution < 1.29 is 29.3 Å². The molecule has 5 rings (SSSR count). The Bertz CT molecular complexity index is 1220. The summed E-state index contributed by atoms with van der Waals surface area (Å²) in [5.74, 6) is -1.69. The Labute approximate surface area is 228 Å². The van der Waals surface area contributed by atoms with Crippen molar-refractivity contribution in [2.24, 2.45) is 17.8 Å². The fourth-order valence-corrected chi connectivity index (χ4v) is 7.63. The summed E-state index contributed by atoms with van der Waals surface area (Å²) in [5, 5.41) is 27.7. The fourth-order valence-electron chi connectivity index (χ4n) is 7.32. The second-order valence-corrected chi connectivity index (χ2v) is 12.0. The lowest BCUT2D eigenvalue weighted by molar-refractivity contribution is -0.221. The lowest BCUT2D eigenvalue weighted by atomic mass is 9.56. The lowest BCUT2D eigenvalue weighted by Gasteiger charge is -2.55. The second-order valence-electron chi connectivity index (χ2n) is 11.6. The third-order valence-corrected chi connectivity index (χ3v) is 9.57. The van der Waals surface area contributed by atoms with E-state index in [0.29, 0.717) is 17.0 Å². The topological polar surface area (TPSA) is 108 Å². The zero-order valence-corrected chi connectivity index (χ0v) is 23.3. The summed E-state index contributed by atoms with van der Waals surface area (Å²) in [7, 11) is 1.81. The summed E-state index contributed by atoms with van der Waals surface area (Å²) < 4.78 is 11.8. The molecule has 8 nitrogen and oxygen atoms in total. The summed E-state index contributed by atoms with van der Waals surface area (Å²) in [4.78, 5) is 27.6. The van der Waals surface area contributed by atoms with Gasteiger partial charge in [0.2, 0.25) is 0 Å². The molecule has 2 heterocycles. The van der Waals surface area contributed by atoms with Gasteiger partial charge >= 0.3 is 11.9 Å². The van der Waals surface area contributed by atoms with Gasteiger partial charge in [-0.05, 0) is 50.2 Å².